The molecule has 142 valence electrons. The topological polar surface area (TPSA) is 73.5 Å². The molecule has 0 aliphatic carbocycles. The normalized spacial score (nSPS) is 11.0. The standard InChI is InChI=1S/C21H21N5O2/c1-28-11-10-25-14-18(24-15-25)20-12-17(19-4-2-3-9-26(19)20)21(27)23-13-16-5-7-22-8-6-16/h2-9,12,14-15H,10-11,13H2,1H3,(H,23,27). The largest absolute Gasteiger partial charge is 0.383 e. The molecule has 7 nitrogen and oxygen atoms in total. The van der Waals surface area contributed by atoms with E-state index >= 15 is 0 Å². The van der Waals surface area contributed by atoms with Crippen molar-refractivity contribution >= 4 is 11.4 Å². The second-order valence-corrected chi connectivity index (χ2v) is 6.43. The first kappa shape index (κ1) is 17.9. The van der Waals surface area contributed by atoms with Crippen molar-refractivity contribution in [3.05, 3.63) is 78.6 Å². The van der Waals surface area contributed by atoms with Crippen LogP contribution in [0.1, 0.15) is 15.9 Å². The van der Waals surface area contributed by atoms with Gasteiger partial charge in [0.15, 0.2) is 0 Å². The number of amides is 1. The fourth-order valence-corrected chi connectivity index (χ4v) is 3.12. The number of hydrogen-bond acceptors (Lipinski definition) is 4. The van der Waals surface area contributed by atoms with Crippen molar-refractivity contribution in [3.63, 3.8) is 0 Å². The number of carbonyl (C=O) groups is 1. The van der Waals surface area contributed by atoms with Crippen molar-refractivity contribution in [1.82, 2.24) is 24.3 Å². The van der Waals surface area contributed by atoms with Gasteiger partial charge in [0.1, 0.15) is 5.69 Å². The van der Waals surface area contributed by atoms with Gasteiger partial charge >= 0.3 is 0 Å². The predicted molar refractivity (Wildman–Crippen MR) is 106 cm³/mol. The van der Waals surface area contributed by atoms with E-state index in [0.29, 0.717) is 18.7 Å². The number of nitrogens with zero attached hydrogens (tertiary/aromatic N) is 4. The molecule has 0 fully saturated rings. The number of fused-ring (bicyclic) bond motifs is 1. The lowest BCUT2D eigenvalue weighted by Gasteiger charge is -2.04. The molecule has 4 rings (SSSR count). The Hall–Kier alpha value is -3.45. The molecule has 1 N–H and O–H groups in total. The first-order valence-corrected chi connectivity index (χ1v) is 9.04. The highest BCUT2D eigenvalue weighted by Crippen LogP contribution is 2.25. The third-order valence-electron chi connectivity index (χ3n) is 4.57. The first-order chi connectivity index (χ1) is 13.8. The van der Waals surface area contributed by atoms with E-state index in [9.17, 15) is 4.79 Å². The van der Waals surface area contributed by atoms with E-state index in [4.69, 9.17) is 4.74 Å². The lowest BCUT2D eigenvalue weighted by atomic mass is 10.2. The van der Waals surface area contributed by atoms with E-state index in [1.54, 1.807) is 25.8 Å². The van der Waals surface area contributed by atoms with Gasteiger partial charge in [-0.3, -0.25) is 9.78 Å². The van der Waals surface area contributed by atoms with Gasteiger partial charge in [0.25, 0.3) is 5.91 Å². The molecule has 4 aromatic heterocycles. The summed E-state index contributed by atoms with van der Waals surface area (Å²) in [4.78, 5) is 21.3. The maximum atomic E-state index is 12.8. The van der Waals surface area contributed by atoms with Crippen LogP contribution >= 0.6 is 0 Å². The van der Waals surface area contributed by atoms with Crippen LogP contribution < -0.4 is 5.32 Å². The highest BCUT2D eigenvalue weighted by Gasteiger charge is 2.17. The zero-order valence-electron chi connectivity index (χ0n) is 15.6. The van der Waals surface area contributed by atoms with Gasteiger partial charge in [0, 0.05) is 45.0 Å². The van der Waals surface area contributed by atoms with E-state index < -0.39 is 0 Å². The van der Waals surface area contributed by atoms with Crippen LogP contribution in [0.5, 0.6) is 0 Å². The Labute approximate surface area is 162 Å². The van der Waals surface area contributed by atoms with Crippen LogP contribution in [-0.4, -0.2) is 38.6 Å². The molecule has 0 saturated carbocycles. The van der Waals surface area contributed by atoms with E-state index in [1.807, 2.05) is 57.8 Å². The predicted octanol–water partition coefficient (Wildman–Crippen LogP) is 2.77. The van der Waals surface area contributed by atoms with Gasteiger partial charge < -0.3 is 19.0 Å². The van der Waals surface area contributed by atoms with Crippen molar-refractivity contribution in [2.75, 3.05) is 13.7 Å². The maximum absolute atomic E-state index is 12.8. The number of pyridine rings is 2. The molecule has 1 amide bonds. The molecule has 4 heterocycles. The molecule has 28 heavy (non-hydrogen) atoms. The van der Waals surface area contributed by atoms with Crippen LogP contribution in [-0.2, 0) is 17.8 Å². The zero-order valence-corrected chi connectivity index (χ0v) is 15.6. The lowest BCUT2D eigenvalue weighted by molar-refractivity contribution is 0.0952. The summed E-state index contributed by atoms with van der Waals surface area (Å²) in [7, 11) is 1.68. The van der Waals surface area contributed by atoms with Gasteiger partial charge in [-0.05, 0) is 35.9 Å². The molecule has 0 radical (unpaired) electrons. The van der Waals surface area contributed by atoms with Crippen LogP contribution in [0.15, 0.2) is 67.5 Å². The Bertz CT molecular complexity index is 1080. The number of carbonyl (C=O) groups excluding carboxylic acids is 1. The third kappa shape index (κ3) is 3.65. The summed E-state index contributed by atoms with van der Waals surface area (Å²) in [6.07, 6.45) is 9.12. The Balaban J connectivity index is 1.62. The second kappa shape index (κ2) is 8.06. The highest BCUT2D eigenvalue weighted by molar-refractivity contribution is 6.02. The summed E-state index contributed by atoms with van der Waals surface area (Å²) in [5.74, 6) is -0.120. The summed E-state index contributed by atoms with van der Waals surface area (Å²) in [5, 5.41) is 2.98. The number of rotatable bonds is 7. The molecule has 0 aromatic carbocycles. The summed E-state index contributed by atoms with van der Waals surface area (Å²) >= 11 is 0. The van der Waals surface area contributed by atoms with Crippen molar-refractivity contribution in [1.29, 1.82) is 0 Å². The van der Waals surface area contributed by atoms with E-state index in [2.05, 4.69) is 15.3 Å². The number of ether oxygens (including phenoxy) is 1. The second-order valence-electron chi connectivity index (χ2n) is 6.43. The van der Waals surface area contributed by atoms with Gasteiger partial charge in [-0.25, -0.2) is 4.98 Å². The Morgan fingerprint density at radius 1 is 1.21 bits per heavy atom. The van der Waals surface area contributed by atoms with E-state index in [1.165, 1.54) is 0 Å². The van der Waals surface area contributed by atoms with Crippen molar-refractivity contribution in [3.8, 4) is 11.4 Å². The average Bonchev–Trinajstić information content (AvgIpc) is 3.36. The van der Waals surface area contributed by atoms with E-state index in [0.717, 1.165) is 29.0 Å². The van der Waals surface area contributed by atoms with Crippen molar-refractivity contribution in [2.24, 2.45) is 0 Å². The van der Waals surface area contributed by atoms with Crippen molar-refractivity contribution in [2.45, 2.75) is 13.1 Å². The van der Waals surface area contributed by atoms with E-state index in [-0.39, 0.29) is 5.91 Å². The third-order valence-corrected chi connectivity index (χ3v) is 4.57. The molecule has 0 unspecified atom stereocenters. The molecule has 0 spiro atoms. The summed E-state index contributed by atoms with van der Waals surface area (Å²) in [6, 6.07) is 11.5. The van der Waals surface area contributed by atoms with Gasteiger partial charge in [-0.15, -0.1) is 0 Å². The Morgan fingerprint density at radius 2 is 2.07 bits per heavy atom. The maximum Gasteiger partial charge on any atom is 0.253 e. The number of hydrogen-bond donors (Lipinski definition) is 1. The minimum absolute atomic E-state index is 0.120. The summed E-state index contributed by atoms with van der Waals surface area (Å²) < 4.78 is 9.09. The number of aromatic nitrogens is 4. The quantitative estimate of drug-likeness (QED) is 0.539. The molecule has 4 aromatic rings. The Morgan fingerprint density at radius 3 is 2.89 bits per heavy atom. The van der Waals surface area contributed by atoms with Crippen molar-refractivity contribution < 1.29 is 9.53 Å². The smallest absolute Gasteiger partial charge is 0.253 e. The SMILES string of the molecule is COCCn1cnc(-c2cc(C(=O)NCc3ccncc3)c3ccccn23)c1. The van der Waals surface area contributed by atoms with Gasteiger partial charge in [-0.2, -0.15) is 0 Å². The summed E-state index contributed by atoms with van der Waals surface area (Å²) in [6.45, 7) is 1.80. The lowest BCUT2D eigenvalue weighted by Crippen LogP contribution is -2.22. The number of methoxy groups -OCH3 is 1. The number of imidazole rings is 1. The summed E-state index contributed by atoms with van der Waals surface area (Å²) in [5.41, 5.74) is 4.16. The fourth-order valence-electron chi connectivity index (χ4n) is 3.12. The monoisotopic (exact) mass is 375 g/mol. The molecule has 0 bridgehead atoms. The minimum Gasteiger partial charge on any atom is -0.383 e. The van der Waals surface area contributed by atoms with Crippen LogP contribution in [0.25, 0.3) is 16.9 Å². The van der Waals surface area contributed by atoms with Crippen LogP contribution in [0.4, 0.5) is 0 Å². The van der Waals surface area contributed by atoms with Crippen LogP contribution in [0.3, 0.4) is 0 Å². The molecule has 0 aliphatic rings. The number of nitrogens with one attached hydrogen (secondary N) is 1. The van der Waals surface area contributed by atoms with Gasteiger partial charge in [0.05, 0.1) is 29.7 Å². The molecular weight excluding hydrogens is 354 g/mol. The molecular formula is C21H21N5O2. The minimum atomic E-state index is -0.120. The Kier molecular flexibility index (Phi) is 5.16. The molecule has 0 atom stereocenters. The first-order valence-electron chi connectivity index (χ1n) is 9.04. The fraction of sp³-hybridized carbons (Fsp3) is 0.190. The molecule has 0 saturated heterocycles. The molecule has 0 aliphatic heterocycles. The average molecular weight is 375 g/mol. The van der Waals surface area contributed by atoms with Gasteiger partial charge in [-0.1, -0.05) is 6.07 Å². The zero-order chi connectivity index (χ0) is 19.3. The van der Waals surface area contributed by atoms with Gasteiger partial charge in [0.2, 0.25) is 0 Å². The highest BCUT2D eigenvalue weighted by atomic mass is 16.5. The van der Waals surface area contributed by atoms with Crippen LogP contribution in [0, 0.1) is 0 Å². The van der Waals surface area contributed by atoms with Crippen LogP contribution in [0.2, 0.25) is 0 Å². The molecule has 7 heteroatoms.